The second kappa shape index (κ2) is 23.8. The summed E-state index contributed by atoms with van der Waals surface area (Å²) < 4.78 is 103. The highest BCUT2D eigenvalue weighted by molar-refractivity contribution is 6.62. The molecule has 4 aromatic carbocycles. The smallest absolute Gasteiger partial charge is 0.489 e. The van der Waals surface area contributed by atoms with Crippen LogP contribution in [0.5, 0.6) is 11.5 Å². The third kappa shape index (κ3) is 12.3. The van der Waals surface area contributed by atoms with Crippen LogP contribution in [0.3, 0.4) is 0 Å². The molecular weight excluding hydrogens is 1060 g/mol. The van der Waals surface area contributed by atoms with E-state index in [0.717, 1.165) is 55.7 Å². The van der Waals surface area contributed by atoms with Gasteiger partial charge in [0.25, 0.3) is 0 Å². The van der Waals surface area contributed by atoms with Gasteiger partial charge in [-0.3, -0.25) is 9.59 Å². The normalized spacial score (nSPS) is 16.0. The number of rotatable bonds is 10. The number of nitrogens with zero attached hydrogens (tertiary/aromatic N) is 4. The van der Waals surface area contributed by atoms with Crippen molar-refractivity contribution < 1.29 is 64.2 Å². The van der Waals surface area contributed by atoms with Crippen LogP contribution in [0.25, 0.3) is 56.0 Å². The summed E-state index contributed by atoms with van der Waals surface area (Å²) in [4.78, 5) is 30.7. The summed E-state index contributed by atoms with van der Waals surface area (Å²) in [5, 5.41) is 19.0. The fourth-order valence-corrected chi connectivity index (χ4v) is 9.15. The number of Topliss-reactive ketones (excluding diaryl/α,β-unsaturated/α-hetero) is 2. The first-order chi connectivity index (χ1) is 38.2. The number of hydrogen-bond acceptors (Lipinski definition) is 14. The molecule has 0 radical (unpaired) electrons. The Hall–Kier alpha value is -7.91. The van der Waals surface area contributed by atoms with E-state index in [4.69, 9.17) is 48.7 Å². The van der Waals surface area contributed by atoms with Crippen molar-refractivity contribution in [3.63, 3.8) is 0 Å². The second-order valence-corrected chi connectivity index (χ2v) is 20.6. The van der Waals surface area contributed by atoms with E-state index in [9.17, 15) is 37.7 Å². The van der Waals surface area contributed by atoms with Crippen LogP contribution >= 0.6 is 11.6 Å². The van der Waals surface area contributed by atoms with Gasteiger partial charge in [0.2, 0.25) is 0 Å². The molecule has 14 nitrogen and oxygen atoms in total. The quantitative estimate of drug-likeness (QED) is 0.0714. The van der Waals surface area contributed by atoms with E-state index in [-0.39, 0.29) is 84.9 Å². The molecule has 3 aliphatic heterocycles. The van der Waals surface area contributed by atoms with Gasteiger partial charge < -0.3 is 37.1 Å². The lowest BCUT2D eigenvalue weighted by atomic mass is 9.78. The topological polar surface area (TPSA) is 189 Å². The van der Waals surface area contributed by atoms with Gasteiger partial charge in [-0.25, -0.2) is 27.5 Å². The molecule has 11 rings (SSSR count). The highest BCUT2D eigenvalue weighted by Crippen LogP contribution is 2.40. The summed E-state index contributed by atoms with van der Waals surface area (Å²) in [6, 6.07) is 25.8. The summed E-state index contributed by atoms with van der Waals surface area (Å²) in [5.41, 5.74) is 2.91. The molecule has 0 atom stereocenters. The molecule has 8 aromatic rings. The lowest BCUT2D eigenvalue weighted by Crippen LogP contribution is -2.41. The molecule has 3 fully saturated rings. The van der Waals surface area contributed by atoms with Crippen molar-refractivity contribution in [2.75, 3.05) is 26.4 Å². The third-order valence-electron chi connectivity index (χ3n) is 14.2. The maximum Gasteiger partial charge on any atom is 0.494 e. The Kier molecular flexibility index (Phi) is 16.9. The standard InChI is InChI=1S/C27H20F2N2O4.C18H24BNO4.C15H8ClF2NO2/c1-15(32)16-2-4-20(21(28)11-16)25-12-23-27(35-25)26(22(29)14-31-23)17-3-5-24(18(10-17)13-30)34-19-6-8-33-9-7-19;1-17(2)18(3,4)24-19(23-17)14-5-6-16(13(11-14)12-20)22-15-7-9-21-10-8-15;1-7(20)8-2-3-9(10(17)4-8)13-5-12-15(21-13)14(16)11(18)6-19-12/h2-5,10-12,14,19H,6-9H2,1H3;5-6,11,15H,7-10H2,1-4H3;2-6H,1H3. The molecule has 20 heteroatoms. The molecule has 3 aliphatic rings. The lowest BCUT2D eigenvalue weighted by molar-refractivity contribution is 0.00578. The number of furan rings is 2. The highest BCUT2D eigenvalue weighted by Gasteiger charge is 2.52. The van der Waals surface area contributed by atoms with E-state index >= 15 is 0 Å². The Morgan fingerprint density at radius 1 is 0.613 bits per heavy atom. The summed E-state index contributed by atoms with van der Waals surface area (Å²) in [6.07, 6.45) is 5.24. The Balaban J connectivity index is 0.000000151. The van der Waals surface area contributed by atoms with Gasteiger partial charge in [0, 0.05) is 48.9 Å². The number of fused-ring (bicyclic) bond motifs is 2. The zero-order chi connectivity index (χ0) is 57.0. The van der Waals surface area contributed by atoms with Crippen molar-refractivity contribution in [1.29, 1.82) is 10.5 Å². The van der Waals surface area contributed by atoms with E-state index in [1.54, 1.807) is 18.2 Å². The molecule has 0 aliphatic carbocycles. The number of carbonyl (C=O) groups is 2. The molecule has 410 valence electrons. The van der Waals surface area contributed by atoms with Crippen LogP contribution in [0.4, 0.5) is 17.6 Å². The first kappa shape index (κ1) is 56.8. The van der Waals surface area contributed by atoms with Gasteiger partial charge in [-0.2, -0.15) is 10.5 Å². The molecule has 0 unspecified atom stereocenters. The van der Waals surface area contributed by atoms with Gasteiger partial charge in [-0.05, 0) is 101 Å². The predicted molar refractivity (Wildman–Crippen MR) is 290 cm³/mol. The van der Waals surface area contributed by atoms with E-state index in [2.05, 4.69) is 22.1 Å². The predicted octanol–water partition coefficient (Wildman–Crippen LogP) is 13.1. The summed E-state index contributed by atoms with van der Waals surface area (Å²) in [6.45, 7) is 13.4. The minimum Gasteiger partial charge on any atom is -0.489 e. The molecule has 0 spiro atoms. The summed E-state index contributed by atoms with van der Waals surface area (Å²) >= 11 is 5.79. The van der Waals surface area contributed by atoms with Gasteiger partial charge in [-0.1, -0.05) is 35.9 Å². The van der Waals surface area contributed by atoms with Crippen molar-refractivity contribution in [1.82, 2.24) is 9.97 Å². The first-order valence-corrected chi connectivity index (χ1v) is 26.0. The molecule has 0 saturated carbocycles. The Bertz CT molecular complexity index is 3730. The van der Waals surface area contributed by atoms with Gasteiger partial charge in [0.15, 0.2) is 34.4 Å². The van der Waals surface area contributed by atoms with Gasteiger partial charge in [-0.15, -0.1) is 0 Å². The number of nitriles is 2. The van der Waals surface area contributed by atoms with Crippen molar-refractivity contribution in [2.45, 2.75) is 90.6 Å². The van der Waals surface area contributed by atoms with Crippen LogP contribution in [0.2, 0.25) is 5.02 Å². The number of carbonyl (C=O) groups excluding carboxylic acids is 2. The summed E-state index contributed by atoms with van der Waals surface area (Å²) in [5.74, 6) is -1.76. The number of aromatic nitrogens is 2. The molecule has 0 amide bonds. The first-order valence-electron chi connectivity index (χ1n) is 25.6. The zero-order valence-corrected chi connectivity index (χ0v) is 45.1. The van der Waals surface area contributed by atoms with Gasteiger partial charge >= 0.3 is 7.12 Å². The van der Waals surface area contributed by atoms with E-state index in [1.807, 2.05) is 39.8 Å². The fraction of sp³-hybridized carbons (Fsp3) is 0.300. The average molecular weight is 1110 g/mol. The maximum atomic E-state index is 15.0. The Morgan fingerprint density at radius 2 is 1.07 bits per heavy atom. The van der Waals surface area contributed by atoms with Gasteiger partial charge in [0.1, 0.15) is 75.1 Å². The largest absolute Gasteiger partial charge is 0.494 e. The van der Waals surface area contributed by atoms with E-state index in [1.165, 1.54) is 56.3 Å². The van der Waals surface area contributed by atoms with Crippen molar-refractivity contribution in [2.24, 2.45) is 0 Å². The monoisotopic (exact) mass is 1110 g/mol. The molecule has 4 aromatic heterocycles. The number of ketones is 2. The number of pyridine rings is 2. The number of halogens is 5. The molecule has 3 saturated heterocycles. The Labute approximate surface area is 463 Å². The fourth-order valence-electron chi connectivity index (χ4n) is 8.97. The Morgan fingerprint density at radius 3 is 1.56 bits per heavy atom. The minimum atomic E-state index is -0.711. The van der Waals surface area contributed by atoms with Crippen LogP contribution in [-0.2, 0) is 18.8 Å². The molecule has 0 bridgehead atoms. The van der Waals surface area contributed by atoms with Crippen molar-refractivity contribution >= 4 is 57.9 Å². The van der Waals surface area contributed by atoms with E-state index < -0.39 is 41.6 Å². The SMILES string of the molecule is CC(=O)c1ccc(-c2cc3ncc(F)c(-c4ccc(OC5CCOCC5)c(C#N)c4)c3o2)c(F)c1.CC(=O)c1ccc(-c2cc3ncc(F)c(Cl)c3o2)c(F)c1.CC1(C)OB(c2ccc(OC3CCOCC3)c(C#N)c2)OC1(C)C. The van der Waals surface area contributed by atoms with E-state index in [0.29, 0.717) is 60.1 Å². The van der Waals surface area contributed by atoms with Crippen LogP contribution < -0.4 is 14.9 Å². The average Bonchev–Trinajstić information content (AvgIpc) is 4.29. The second-order valence-electron chi connectivity index (χ2n) is 20.2. The third-order valence-corrected chi connectivity index (χ3v) is 14.5. The van der Waals surface area contributed by atoms with Crippen molar-refractivity contribution in [3.8, 4) is 57.4 Å². The van der Waals surface area contributed by atoms with Crippen LogP contribution in [-0.4, -0.2) is 78.5 Å². The number of hydrogen-bond donors (Lipinski definition) is 0. The molecular formula is C60H52BClF4N4O10. The molecule has 7 heterocycles. The maximum absolute atomic E-state index is 15.0. The van der Waals surface area contributed by atoms with Gasteiger partial charge in [0.05, 0.1) is 77.8 Å². The molecule has 80 heavy (non-hydrogen) atoms. The zero-order valence-electron chi connectivity index (χ0n) is 44.4. The van der Waals surface area contributed by atoms with Crippen LogP contribution in [0.15, 0.2) is 106 Å². The number of benzene rings is 4. The van der Waals surface area contributed by atoms with Crippen LogP contribution in [0, 0.1) is 45.9 Å². The molecule has 0 N–H and O–H groups in total. The lowest BCUT2D eigenvalue weighted by Gasteiger charge is -2.32. The van der Waals surface area contributed by atoms with Crippen LogP contribution in [0.1, 0.15) is 99.1 Å². The minimum absolute atomic E-state index is 0.0528. The van der Waals surface area contributed by atoms with Crippen molar-refractivity contribution in [3.05, 3.63) is 148 Å². The highest BCUT2D eigenvalue weighted by atomic mass is 35.5. The number of ether oxygens (including phenoxy) is 4. The summed E-state index contributed by atoms with van der Waals surface area (Å²) in [7, 11) is -0.473.